The van der Waals surface area contributed by atoms with Gasteiger partial charge in [0.15, 0.2) is 5.82 Å². The van der Waals surface area contributed by atoms with Gasteiger partial charge in [0.2, 0.25) is 11.9 Å². The third kappa shape index (κ3) is 3.11. The molecular weight excluding hydrogens is 256 g/mol. The Balaban J connectivity index is 2.45. The Morgan fingerprint density at radius 2 is 2.00 bits per heavy atom. The van der Waals surface area contributed by atoms with E-state index >= 15 is 0 Å². The lowest BCUT2D eigenvalue weighted by Gasteiger charge is -2.12. The first-order valence-electron chi connectivity index (χ1n) is 6.33. The Hall–Kier alpha value is -2.44. The first-order chi connectivity index (χ1) is 9.63. The number of pyridine rings is 1. The quantitative estimate of drug-likeness (QED) is 0.884. The van der Waals surface area contributed by atoms with Gasteiger partial charge in [-0.1, -0.05) is 0 Å². The molecule has 0 aliphatic rings. The summed E-state index contributed by atoms with van der Waals surface area (Å²) in [5, 5.41) is 2.93. The molecule has 0 aromatic carbocycles. The van der Waals surface area contributed by atoms with Crippen molar-refractivity contribution >= 4 is 11.9 Å². The summed E-state index contributed by atoms with van der Waals surface area (Å²) in [4.78, 5) is 19.0. The van der Waals surface area contributed by atoms with Gasteiger partial charge in [-0.3, -0.25) is 4.98 Å². The van der Waals surface area contributed by atoms with Crippen LogP contribution in [0, 0.1) is 0 Å². The Labute approximate surface area is 118 Å². The van der Waals surface area contributed by atoms with Crippen molar-refractivity contribution in [1.82, 2.24) is 19.9 Å². The van der Waals surface area contributed by atoms with Crippen molar-refractivity contribution < 1.29 is 4.74 Å². The van der Waals surface area contributed by atoms with Gasteiger partial charge in [-0.15, -0.1) is 0 Å². The van der Waals surface area contributed by atoms with E-state index in [9.17, 15) is 0 Å². The number of nitrogens with one attached hydrogen (secondary N) is 1. The van der Waals surface area contributed by atoms with Crippen LogP contribution < -0.4 is 15.0 Å². The number of aromatic nitrogens is 4. The standard InChI is InChI=1S/C13H18N6O/c1-5-20-10-6-9(7-15-8-10)11-16-12(14-2)18-13(17-11)19(3)4/h6-8H,5H2,1-4H3,(H,14,16,17,18). The summed E-state index contributed by atoms with van der Waals surface area (Å²) in [5.41, 5.74) is 0.790. The zero-order valence-corrected chi connectivity index (χ0v) is 12.1. The molecule has 0 saturated heterocycles. The average Bonchev–Trinajstić information content (AvgIpc) is 2.47. The van der Waals surface area contributed by atoms with E-state index in [2.05, 4.69) is 25.3 Å². The minimum absolute atomic E-state index is 0.514. The fourth-order valence-corrected chi connectivity index (χ4v) is 1.59. The highest BCUT2D eigenvalue weighted by molar-refractivity contribution is 5.58. The van der Waals surface area contributed by atoms with Gasteiger partial charge in [-0.05, 0) is 13.0 Å². The number of anilines is 2. The predicted octanol–water partition coefficient (Wildman–Crippen LogP) is 1.44. The van der Waals surface area contributed by atoms with Crippen LogP contribution in [0.1, 0.15) is 6.92 Å². The molecule has 0 radical (unpaired) electrons. The monoisotopic (exact) mass is 274 g/mol. The van der Waals surface area contributed by atoms with Crippen LogP contribution in [0.15, 0.2) is 18.5 Å². The maximum atomic E-state index is 5.44. The lowest BCUT2D eigenvalue weighted by molar-refractivity contribution is 0.339. The second kappa shape index (κ2) is 6.14. The summed E-state index contributed by atoms with van der Waals surface area (Å²) >= 11 is 0. The van der Waals surface area contributed by atoms with Crippen molar-refractivity contribution in [3.8, 4) is 17.1 Å². The van der Waals surface area contributed by atoms with Gasteiger partial charge in [0.05, 0.1) is 12.8 Å². The maximum absolute atomic E-state index is 5.44. The molecule has 106 valence electrons. The fraction of sp³-hybridized carbons (Fsp3) is 0.385. The van der Waals surface area contributed by atoms with E-state index in [1.807, 2.05) is 32.0 Å². The van der Waals surface area contributed by atoms with Crippen LogP contribution in [-0.4, -0.2) is 47.7 Å². The first-order valence-corrected chi connectivity index (χ1v) is 6.33. The van der Waals surface area contributed by atoms with Crippen molar-refractivity contribution in [2.45, 2.75) is 6.92 Å². The highest BCUT2D eigenvalue weighted by Gasteiger charge is 2.10. The Morgan fingerprint density at radius 3 is 2.65 bits per heavy atom. The molecule has 0 atom stereocenters. The van der Waals surface area contributed by atoms with Crippen LogP contribution in [0.2, 0.25) is 0 Å². The molecule has 20 heavy (non-hydrogen) atoms. The molecule has 0 bridgehead atoms. The molecule has 0 spiro atoms. The van der Waals surface area contributed by atoms with Crippen LogP contribution >= 0.6 is 0 Å². The number of hydrogen-bond donors (Lipinski definition) is 1. The molecule has 2 rings (SSSR count). The van der Waals surface area contributed by atoms with Gasteiger partial charge in [-0.25, -0.2) is 0 Å². The van der Waals surface area contributed by atoms with Gasteiger partial charge in [-0.2, -0.15) is 15.0 Å². The van der Waals surface area contributed by atoms with E-state index in [0.29, 0.717) is 30.1 Å². The normalized spacial score (nSPS) is 10.2. The van der Waals surface area contributed by atoms with E-state index < -0.39 is 0 Å². The van der Waals surface area contributed by atoms with Crippen molar-refractivity contribution in [2.75, 3.05) is 38.0 Å². The van der Waals surface area contributed by atoms with Crippen molar-refractivity contribution in [2.24, 2.45) is 0 Å². The Morgan fingerprint density at radius 1 is 1.20 bits per heavy atom. The van der Waals surface area contributed by atoms with Gasteiger partial charge in [0.25, 0.3) is 0 Å². The minimum atomic E-state index is 0.514. The smallest absolute Gasteiger partial charge is 0.230 e. The number of nitrogens with zero attached hydrogens (tertiary/aromatic N) is 5. The van der Waals surface area contributed by atoms with Crippen LogP contribution in [0.5, 0.6) is 5.75 Å². The number of rotatable bonds is 5. The maximum Gasteiger partial charge on any atom is 0.230 e. The fourth-order valence-electron chi connectivity index (χ4n) is 1.59. The summed E-state index contributed by atoms with van der Waals surface area (Å²) in [6.45, 7) is 2.52. The lowest BCUT2D eigenvalue weighted by Crippen LogP contribution is -2.15. The zero-order chi connectivity index (χ0) is 14.5. The molecule has 0 unspecified atom stereocenters. The average molecular weight is 274 g/mol. The van der Waals surface area contributed by atoms with Gasteiger partial charge in [0, 0.05) is 32.9 Å². The minimum Gasteiger partial charge on any atom is -0.492 e. The molecule has 0 amide bonds. The van der Waals surface area contributed by atoms with E-state index in [1.165, 1.54) is 0 Å². The van der Waals surface area contributed by atoms with Crippen LogP contribution in [0.4, 0.5) is 11.9 Å². The molecule has 7 heteroatoms. The molecule has 0 aliphatic heterocycles. The third-order valence-electron chi connectivity index (χ3n) is 2.53. The second-order valence-corrected chi connectivity index (χ2v) is 4.27. The van der Waals surface area contributed by atoms with E-state index in [-0.39, 0.29) is 0 Å². The molecule has 2 aromatic rings. The molecule has 0 fully saturated rings. The molecule has 0 saturated carbocycles. The number of ether oxygens (including phenoxy) is 1. The summed E-state index contributed by atoms with van der Waals surface area (Å²) in [6.07, 6.45) is 3.37. The topological polar surface area (TPSA) is 76.1 Å². The van der Waals surface area contributed by atoms with Crippen LogP contribution in [0.3, 0.4) is 0 Å². The Kier molecular flexibility index (Phi) is 4.29. The van der Waals surface area contributed by atoms with Gasteiger partial charge in [0.1, 0.15) is 5.75 Å². The van der Waals surface area contributed by atoms with E-state index in [4.69, 9.17) is 4.74 Å². The molecule has 2 aromatic heterocycles. The van der Waals surface area contributed by atoms with Gasteiger partial charge >= 0.3 is 0 Å². The van der Waals surface area contributed by atoms with E-state index in [1.54, 1.807) is 19.4 Å². The van der Waals surface area contributed by atoms with Crippen molar-refractivity contribution in [3.05, 3.63) is 18.5 Å². The molecule has 0 aliphatic carbocycles. The summed E-state index contributed by atoms with van der Waals surface area (Å²) < 4.78 is 5.44. The first kappa shape index (κ1) is 14.0. The van der Waals surface area contributed by atoms with Crippen molar-refractivity contribution in [1.29, 1.82) is 0 Å². The largest absolute Gasteiger partial charge is 0.492 e. The van der Waals surface area contributed by atoms with Crippen molar-refractivity contribution in [3.63, 3.8) is 0 Å². The summed E-state index contributed by atoms with van der Waals surface area (Å²) in [7, 11) is 5.54. The summed E-state index contributed by atoms with van der Waals surface area (Å²) in [6, 6.07) is 1.87. The highest BCUT2D eigenvalue weighted by Crippen LogP contribution is 2.21. The Bertz CT molecular complexity index is 587. The second-order valence-electron chi connectivity index (χ2n) is 4.27. The molecule has 2 heterocycles. The van der Waals surface area contributed by atoms with Crippen LogP contribution in [-0.2, 0) is 0 Å². The molecule has 7 nitrogen and oxygen atoms in total. The summed E-state index contributed by atoms with van der Waals surface area (Å²) in [5.74, 6) is 2.35. The SMILES string of the molecule is CCOc1cncc(-c2nc(NC)nc(N(C)C)n2)c1. The number of hydrogen-bond acceptors (Lipinski definition) is 7. The van der Waals surface area contributed by atoms with Gasteiger partial charge < -0.3 is 15.0 Å². The van der Waals surface area contributed by atoms with E-state index in [0.717, 1.165) is 5.56 Å². The molecular formula is C13H18N6O. The highest BCUT2D eigenvalue weighted by atomic mass is 16.5. The molecule has 1 N–H and O–H groups in total. The van der Waals surface area contributed by atoms with Crippen LogP contribution in [0.25, 0.3) is 11.4 Å². The predicted molar refractivity (Wildman–Crippen MR) is 78.1 cm³/mol. The third-order valence-corrected chi connectivity index (χ3v) is 2.53. The zero-order valence-electron chi connectivity index (χ0n) is 12.1. The lowest BCUT2D eigenvalue weighted by atomic mass is 10.2.